The summed E-state index contributed by atoms with van der Waals surface area (Å²) in [6, 6.07) is 14.3. The number of hydrogen-bond donors (Lipinski definition) is 1. The number of nitrogens with one attached hydrogen (secondary N) is 1. The molecule has 26 heavy (non-hydrogen) atoms. The van der Waals surface area contributed by atoms with E-state index in [1.165, 1.54) is 16.8 Å². The topological polar surface area (TPSA) is 32.3 Å². The monoisotopic (exact) mass is 366 g/mol. The van der Waals surface area contributed by atoms with Crippen LogP contribution in [0.1, 0.15) is 37.0 Å². The van der Waals surface area contributed by atoms with Crippen LogP contribution in [-0.2, 0) is 10.2 Å². The van der Waals surface area contributed by atoms with E-state index in [0.29, 0.717) is 18.0 Å². The number of fused-ring (bicyclic) bond motifs is 3. The van der Waals surface area contributed by atoms with E-state index in [-0.39, 0.29) is 11.3 Å². The number of carbonyl (C=O) groups is 1. The fourth-order valence-corrected chi connectivity index (χ4v) is 4.49. The second-order valence-electron chi connectivity index (χ2n) is 7.75. The Hall–Kier alpha value is -2.26. The third-order valence-electron chi connectivity index (χ3n) is 5.75. The van der Waals surface area contributed by atoms with Crippen LogP contribution < -0.4 is 10.2 Å². The Morgan fingerprint density at radius 3 is 2.77 bits per heavy atom. The van der Waals surface area contributed by atoms with E-state index in [2.05, 4.69) is 61.3 Å². The van der Waals surface area contributed by atoms with Gasteiger partial charge in [-0.25, -0.2) is 0 Å². The molecule has 1 atom stereocenters. The highest BCUT2D eigenvalue weighted by Crippen LogP contribution is 2.52. The van der Waals surface area contributed by atoms with Crippen molar-refractivity contribution in [3.8, 4) is 0 Å². The summed E-state index contributed by atoms with van der Waals surface area (Å²) in [5.74, 6) is 0.0922. The average Bonchev–Trinajstić information content (AvgIpc) is 2.78. The first kappa shape index (κ1) is 17.2. The molecule has 0 unspecified atom stereocenters. The Kier molecular flexibility index (Phi) is 3.89. The van der Waals surface area contributed by atoms with Crippen LogP contribution in [0.25, 0.3) is 6.08 Å². The van der Waals surface area contributed by atoms with Crippen molar-refractivity contribution in [3.05, 3.63) is 70.3 Å². The van der Waals surface area contributed by atoms with Crippen molar-refractivity contribution >= 4 is 29.3 Å². The van der Waals surface area contributed by atoms with Gasteiger partial charge in [0.15, 0.2) is 0 Å². The van der Waals surface area contributed by atoms with Gasteiger partial charge in [0.2, 0.25) is 5.91 Å². The highest BCUT2D eigenvalue weighted by Gasteiger charge is 2.57. The van der Waals surface area contributed by atoms with Crippen molar-refractivity contribution in [3.63, 3.8) is 0 Å². The molecular weight excluding hydrogens is 344 g/mol. The number of hydrogen-bond acceptors (Lipinski definition) is 2. The number of halogens is 1. The van der Waals surface area contributed by atoms with E-state index in [9.17, 15) is 4.79 Å². The summed E-state index contributed by atoms with van der Waals surface area (Å²) in [7, 11) is 0. The Bertz CT molecular complexity index is 918. The summed E-state index contributed by atoms with van der Waals surface area (Å²) in [5, 5.41) is 4.01. The summed E-state index contributed by atoms with van der Waals surface area (Å²) < 4.78 is 0. The maximum absolute atomic E-state index is 12.4. The van der Waals surface area contributed by atoms with Crippen LogP contribution in [0, 0.1) is 6.92 Å². The molecular formula is C22H23ClN2O. The minimum absolute atomic E-state index is 0.0922. The fraction of sp³-hybridized carbons (Fsp3) is 0.318. The minimum atomic E-state index is -0.583. The first-order valence-corrected chi connectivity index (χ1v) is 9.36. The van der Waals surface area contributed by atoms with Gasteiger partial charge < -0.3 is 10.2 Å². The van der Waals surface area contributed by atoms with Crippen molar-refractivity contribution in [1.82, 2.24) is 5.32 Å². The van der Waals surface area contributed by atoms with Gasteiger partial charge in [-0.2, -0.15) is 0 Å². The van der Waals surface area contributed by atoms with Crippen molar-refractivity contribution in [2.45, 2.75) is 38.3 Å². The lowest BCUT2D eigenvalue weighted by Crippen LogP contribution is -2.68. The van der Waals surface area contributed by atoms with Crippen molar-refractivity contribution in [1.29, 1.82) is 0 Å². The number of amides is 1. The highest BCUT2D eigenvalue weighted by atomic mass is 35.5. The maximum atomic E-state index is 12.4. The Morgan fingerprint density at radius 1 is 1.19 bits per heavy atom. The smallest absolute Gasteiger partial charge is 0.223 e. The summed E-state index contributed by atoms with van der Waals surface area (Å²) in [6.45, 7) is 7.24. The highest BCUT2D eigenvalue weighted by molar-refractivity contribution is 6.30. The Labute approximate surface area is 159 Å². The molecule has 2 heterocycles. The molecule has 1 saturated heterocycles. The lowest BCUT2D eigenvalue weighted by atomic mass is 9.74. The standard InChI is InChI=1S/C22H23ClN2O/c1-15-7-8-19-18(13-15)21(2,3)22(24-20(26)10-12-25(19)22)11-9-16-5-4-6-17(23)14-16/h4-9,11,13-14H,10,12H2,1-3H3,(H,24,26)/b11-9+/t22-/m1/s1. The molecule has 0 aromatic heterocycles. The second-order valence-corrected chi connectivity index (χ2v) is 8.19. The summed E-state index contributed by atoms with van der Waals surface area (Å²) >= 11 is 6.13. The first-order chi connectivity index (χ1) is 12.3. The van der Waals surface area contributed by atoms with Gasteiger partial charge in [-0.05, 0) is 42.3 Å². The largest absolute Gasteiger partial charge is 0.344 e. The van der Waals surface area contributed by atoms with Gasteiger partial charge in [0.1, 0.15) is 5.66 Å². The molecule has 3 nitrogen and oxygen atoms in total. The predicted octanol–water partition coefficient (Wildman–Crippen LogP) is 4.68. The molecule has 1 N–H and O–H groups in total. The van der Waals surface area contributed by atoms with Crippen LogP contribution in [0.2, 0.25) is 5.02 Å². The third kappa shape index (κ3) is 2.45. The van der Waals surface area contributed by atoms with Crippen LogP contribution >= 0.6 is 11.6 Å². The zero-order chi connectivity index (χ0) is 18.5. The van der Waals surface area contributed by atoms with Crippen LogP contribution in [0.4, 0.5) is 5.69 Å². The molecule has 0 saturated carbocycles. The average molecular weight is 367 g/mol. The summed E-state index contributed by atoms with van der Waals surface area (Å²) in [6.07, 6.45) is 4.70. The SMILES string of the molecule is Cc1ccc2c(c1)C(C)(C)[C@]1(/C=C/c3cccc(Cl)c3)NC(=O)CCN21. The molecule has 0 spiro atoms. The number of aryl methyl sites for hydroxylation is 1. The van der Waals surface area contributed by atoms with E-state index in [4.69, 9.17) is 11.6 Å². The molecule has 1 fully saturated rings. The molecule has 134 valence electrons. The van der Waals surface area contributed by atoms with Gasteiger partial charge in [0.25, 0.3) is 0 Å². The number of benzene rings is 2. The van der Waals surface area contributed by atoms with E-state index in [0.717, 1.165) is 5.56 Å². The van der Waals surface area contributed by atoms with Crippen LogP contribution in [0.15, 0.2) is 48.5 Å². The molecule has 4 rings (SSSR count). The van der Waals surface area contributed by atoms with Crippen LogP contribution in [-0.4, -0.2) is 18.1 Å². The summed E-state index contributed by atoms with van der Waals surface area (Å²) in [4.78, 5) is 14.7. The first-order valence-electron chi connectivity index (χ1n) is 8.98. The number of rotatable bonds is 2. The molecule has 2 aliphatic rings. The van der Waals surface area contributed by atoms with Crippen molar-refractivity contribution < 1.29 is 4.79 Å². The van der Waals surface area contributed by atoms with E-state index in [1.54, 1.807) is 0 Å². The molecule has 2 aromatic carbocycles. The lowest BCUT2D eigenvalue weighted by molar-refractivity contribution is -0.124. The number of anilines is 1. The molecule has 0 radical (unpaired) electrons. The maximum Gasteiger partial charge on any atom is 0.223 e. The summed E-state index contributed by atoms with van der Waals surface area (Å²) in [5.41, 5.74) is 3.89. The van der Waals surface area contributed by atoms with Gasteiger partial charge >= 0.3 is 0 Å². The molecule has 2 aliphatic heterocycles. The van der Waals surface area contributed by atoms with Crippen molar-refractivity contribution in [2.75, 3.05) is 11.4 Å². The van der Waals surface area contributed by atoms with Gasteiger partial charge in [-0.1, -0.05) is 61.4 Å². The second kappa shape index (κ2) is 5.88. The number of carbonyl (C=O) groups excluding carboxylic acids is 1. The zero-order valence-corrected chi connectivity index (χ0v) is 16.1. The van der Waals surface area contributed by atoms with Gasteiger partial charge in [-0.15, -0.1) is 0 Å². The van der Waals surface area contributed by atoms with Crippen LogP contribution in [0.5, 0.6) is 0 Å². The third-order valence-corrected chi connectivity index (χ3v) is 5.99. The molecule has 2 aromatic rings. The van der Waals surface area contributed by atoms with E-state index < -0.39 is 5.66 Å². The van der Waals surface area contributed by atoms with E-state index in [1.807, 2.05) is 24.3 Å². The predicted molar refractivity (Wildman–Crippen MR) is 108 cm³/mol. The Balaban J connectivity index is 1.86. The van der Waals surface area contributed by atoms with Gasteiger partial charge in [0, 0.05) is 29.1 Å². The fourth-order valence-electron chi connectivity index (χ4n) is 4.29. The van der Waals surface area contributed by atoms with Crippen molar-refractivity contribution in [2.24, 2.45) is 0 Å². The zero-order valence-electron chi connectivity index (χ0n) is 15.3. The van der Waals surface area contributed by atoms with E-state index >= 15 is 0 Å². The molecule has 4 heteroatoms. The Morgan fingerprint density at radius 2 is 2.00 bits per heavy atom. The quantitative estimate of drug-likeness (QED) is 0.837. The molecule has 0 aliphatic carbocycles. The van der Waals surface area contributed by atoms with Gasteiger partial charge in [-0.3, -0.25) is 4.79 Å². The minimum Gasteiger partial charge on any atom is -0.344 e. The normalized spacial score (nSPS) is 23.7. The number of nitrogens with zero attached hydrogens (tertiary/aromatic N) is 1. The molecule has 0 bridgehead atoms. The van der Waals surface area contributed by atoms with Crippen LogP contribution in [0.3, 0.4) is 0 Å². The lowest BCUT2D eigenvalue weighted by Gasteiger charge is -2.49. The van der Waals surface area contributed by atoms with Gasteiger partial charge in [0.05, 0.1) is 0 Å². The molecule has 1 amide bonds.